The van der Waals surface area contributed by atoms with Gasteiger partial charge in [-0.2, -0.15) is 0 Å². The fourth-order valence-corrected chi connectivity index (χ4v) is 0.536. The molecule has 0 saturated heterocycles. The molecular weight excluding hydrogens is 186 g/mol. The number of carboxylic acids is 1. The summed E-state index contributed by atoms with van der Waals surface area (Å²) in [6.07, 6.45) is -0.787. The van der Waals surface area contributed by atoms with E-state index in [0.29, 0.717) is 0 Å². The zero-order valence-electron chi connectivity index (χ0n) is 6.81. The molecule has 0 fully saturated rings. The van der Waals surface area contributed by atoms with Crippen molar-refractivity contribution in [2.75, 3.05) is 0 Å². The maximum Gasteiger partial charge on any atom is 0.324 e. The lowest BCUT2D eigenvalue weighted by Gasteiger charge is -2.14. The van der Waals surface area contributed by atoms with Crippen LogP contribution < -0.4 is 5.73 Å². The molecule has 0 spiro atoms. The Hall–Kier alpha value is -0.810. The lowest BCUT2D eigenvalue weighted by Crippen LogP contribution is -2.42. The second-order valence-electron chi connectivity index (χ2n) is 2.18. The van der Waals surface area contributed by atoms with Gasteiger partial charge in [-0.25, -0.2) is 0 Å². The van der Waals surface area contributed by atoms with Crippen LogP contribution in [0.25, 0.3) is 0 Å². The van der Waals surface area contributed by atoms with Crippen LogP contribution in [0.15, 0.2) is 0 Å². The van der Waals surface area contributed by atoms with Crippen molar-refractivity contribution in [3.05, 3.63) is 0 Å². The lowest BCUT2D eigenvalue weighted by atomic mass is 10.2. The van der Waals surface area contributed by atoms with Gasteiger partial charge in [-0.1, -0.05) is 0 Å². The molecule has 0 aliphatic heterocycles. The van der Waals surface area contributed by atoms with Crippen LogP contribution in [0.4, 0.5) is 0 Å². The number of halogens is 1. The molecular formula is C6H12ClNO4. The second kappa shape index (κ2) is 5.79. The summed E-state index contributed by atoms with van der Waals surface area (Å²) in [5.74, 6) is -1.71. The van der Waals surface area contributed by atoms with Crippen molar-refractivity contribution >= 4 is 24.3 Å². The van der Waals surface area contributed by atoms with Crippen LogP contribution in [0.5, 0.6) is 0 Å². The van der Waals surface area contributed by atoms with Crippen LogP contribution >= 0.6 is 12.4 Å². The van der Waals surface area contributed by atoms with E-state index < -0.39 is 24.1 Å². The Morgan fingerprint density at radius 2 is 1.92 bits per heavy atom. The first-order chi connectivity index (χ1) is 4.95. The second-order valence-corrected chi connectivity index (χ2v) is 2.18. The number of nitrogens with two attached hydrogens (primary N) is 1. The summed E-state index contributed by atoms with van der Waals surface area (Å²) in [5.41, 5.74) is 5.13. The lowest BCUT2D eigenvalue weighted by molar-refractivity contribution is -0.151. The highest BCUT2D eigenvalue weighted by Crippen LogP contribution is 1.96. The number of carbonyl (C=O) groups is 2. The summed E-state index contributed by atoms with van der Waals surface area (Å²) in [6, 6.07) is -1.15. The summed E-state index contributed by atoms with van der Waals surface area (Å²) in [5, 5.41) is 8.35. The van der Waals surface area contributed by atoms with Gasteiger partial charge in [-0.3, -0.25) is 9.59 Å². The normalized spacial score (nSPS) is 13.9. The number of ether oxygens (including phenoxy) is 1. The third-order valence-electron chi connectivity index (χ3n) is 1.14. The molecule has 0 unspecified atom stereocenters. The molecule has 0 aliphatic carbocycles. The van der Waals surface area contributed by atoms with Crippen LogP contribution in [0.3, 0.4) is 0 Å². The quantitative estimate of drug-likeness (QED) is 0.610. The summed E-state index contributed by atoms with van der Waals surface area (Å²) < 4.78 is 4.53. The highest BCUT2D eigenvalue weighted by molar-refractivity contribution is 5.85. The SMILES string of the molecule is CC(=O)O[C@H](C)[C@H](N)C(=O)O.Cl. The monoisotopic (exact) mass is 197 g/mol. The summed E-state index contributed by atoms with van der Waals surface area (Å²) in [4.78, 5) is 20.5. The van der Waals surface area contributed by atoms with Gasteiger partial charge in [0.05, 0.1) is 0 Å². The number of aliphatic carboxylic acids is 1. The third-order valence-corrected chi connectivity index (χ3v) is 1.14. The predicted octanol–water partition coefficient (Wildman–Crippen LogP) is -0.228. The van der Waals surface area contributed by atoms with E-state index in [2.05, 4.69) is 4.74 Å². The fraction of sp³-hybridized carbons (Fsp3) is 0.667. The minimum atomic E-state index is -1.18. The van der Waals surface area contributed by atoms with Crippen LogP contribution in [0.2, 0.25) is 0 Å². The molecule has 0 aromatic rings. The Bertz CT molecular complexity index is 173. The summed E-state index contributed by atoms with van der Waals surface area (Å²) in [6.45, 7) is 2.63. The van der Waals surface area contributed by atoms with Crippen LogP contribution in [0.1, 0.15) is 13.8 Å². The minimum absolute atomic E-state index is 0. The van der Waals surface area contributed by atoms with Crippen molar-refractivity contribution in [2.45, 2.75) is 26.0 Å². The molecule has 0 heterocycles. The number of hydrogen-bond donors (Lipinski definition) is 2. The standard InChI is InChI=1S/C6H11NO4.ClH/c1-3(11-4(2)8)5(7)6(9)10;/h3,5H,7H2,1-2H3,(H,9,10);1H/t3-,5+;/m1./s1. The van der Waals surface area contributed by atoms with Gasteiger partial charge in [-0.05, 0) is 6.92 Å². The molecule has 0 rings (SSSR count). The Morgan fingerprint density at radius 1 is 1.50 bits per heavy atom. The van der Waals surface area contributed by atoms with E-state index in [9.17, 15) is 9.59 Å². The highest BCUT2D eigenvalue weighted by atomic mass is 35.5. The maximum atomic E-state index is 10.3. The van der Waals surface area contributed by atoms with E-state index in [-0.39, 0.29) is 12.4 Å². The molecule has 2 atom stereocenters. The number of carboxylic acid groups (broad SMARTS) is 1. The van der Waals surface area contributed by atoms with Crippen molar-refractivity contribution in [1.29, 1.82) is 0 Å². The molecule has 5 nitrogen and oxygen atoms in total. The van der Waals surface area contributed by atoms with E-state index in [0.717, 1.165) is 0 Å². The maximum absolute atomic E-state index is 10.3. The molecule has 0 saturated carbocycles. The Morgan fingerprint density at radius 3 is 2.17 bits per heavy atom. The molecule has 72 valence electrons. The predicted molar refractivity (Wildman–Crippen MR) is 44.1 cm³/mol. The Kier molecular flexibility index (Phi) is 6.64. The van der Waals surface area contributed by atoms with Crippen molar-refractivity contribution < 1.29 is 19.4 Å². The minimum Gasteiger partial charge on any atom is -0.480 e. The van der Waals surface area contributed by atoms with Crippen molar-refractivity contribution in [3.63, 3.8) is 0 Å². The largest absolute Gasteiger partial charge is 0.480 e. The van der Waals surface area contributed by atoms with Gasteiger partial charge >= 0.3 is 11.9 Å². The van der Waals surface area contributed by atoms with E-state index >= 15 is 0 Å². The van der Waals surface area contributed by atoms with Gasteiger partial charge < -0.3 is 15.6 Å². The van der Waals surface area contributed by atoms with Crippen LogP contribution in [-0.4, -0.2) is 29.2 Å². The molecule has 0 aromatic heterocycles. The van der Waals surface area contributed by atoms with E-state index in [1.165, 1.54) is 13.8 Å². The number of carbonyl (C=O) groups excluding carboxylic acids is 1. The van der Waals surface area contributed by atoms with Gasteiger partial charge in [-0.15, -0.1) is 12.4 Å². The van der Waals surface area contributed by atoms with Crippen LogP contribution in [0, 0.1) is 0 Å². The number of hydrogen-bond acceptors (Lipinski definition) is 4. The Balaban J connectivity index is 0. The van der Waals surface area contributed by atoms with Gasteiger partial charge in [0.2, 0.25) is 0 Å². The summed E-state index contributed by atoms with van der Waals surface area (Å²) >= 11 is 0. The van der Waals surface area contributed by atoms with Gasteiger partial charge in [0.15, 0.2) is 0 Å². The number of rotatable bonds is 3. The third kappa shape index (κ3) is 4.92. The van der Waals surface area contributed by atoms with Crippen molar-refractivity contribution in [3.8, 4) is 0 Å². The molecule has 0 amide bonds. The van der Waals surface area contributed by atoms with E-state index in [1.54, 1.807) is 0 Å². The Labute approximate surface area is 76.3 Å². The number of esters is 1. The smallest absolute Gasteiger partial charge is 0.324 e. The molecule has 0 bridgehead atoms. The molecule has 0 radical (unpaired) electrons. The van der Waals surface area contributed by atoms with Crippen LogP contribution in [-0.2, 0) is 14.3 Å². The van der Waals surface area contributed by atoms with Gasteiger partial charge in [0, 0.05) is 6.92 Å². The molecule has 6 heteroatoms. The average Bonchev–Trinajstić information content (AvgIpc) is 1.84. The molecule has 12 heavy (non-hydrogen) atoms. The van der Waals surface area contributed by atoms with Gasteiger partial charge in [0.1, 0.15) is 12.1 Å². The van der Waals surface area contributed by atoms with Gasteiger partial charge in [0.25, 0.3) is 0 Å². The molecule has 0 aliphatic rings. The average molecular weight is 198 g/mol. The zero-order chi connectivity index (χ0) is 9.02. The van der Waals surface area contributed by atoms with E-state index in [1.807, 2.05) is 0 Å². The first kappa shape index (κ1) is 13.8. The summed E-state index contributed by atoms with van der Waals surface area (Å²) in [7, 11) is 0. The first-order valence-corrected chi connectivity index (χ1v) is 3.10. The topological polar surface area (TPSA) is 89.6 Å². The molecule has 0 aromatic carbocycles. The zero-order valence-corrected chi connectivity index (χ0v) is 7.63. The van der Waals surface area contributed by atoms with Crippen molar-refractivity contribution in [2.24, 2.45) is 5.73 Å². The molecule has 3 N–H and O–H groups in total. The first-order valence-electron chi connectivity index (χ1n) is 3.10. The van der Waals surface area contributed by atoms with Crippen molar-refractivity contribution in [1.82, 2.24) is 0 Å². The van der Waals surface area contributed by atoms with E-state index in [4.69, 9.17) is 10.8 Å². The highest BCUT2D eigenvalue weighted by Gasteiger charge is 2.21. The fourth-order valence-electron chi connectivity index (χ4n) is 0.536.